The molecule has 0 unspecified atom stereocenters. The molecular formula is C17H24N4O2. The van der Waals surface area contributed by atoms with Gasteiger partial charge in [-0.15, -0.1) is 0 Å². The first kappa shape index (κ1) is 15.8. The van der Waals surface area contributed by atoms with Crippen molar-refractivity contribution in [2.24, 2.45) is 0 Å². The molecule has 0 saturated carbocycles. The number of ether oxygens (including phenoxy) is 1. The highest BCUT2D eigenvalue weighted by molar-refractivity contribution is 5.20. The van der Waals surface area contributed by atoms with Gasteiger partial charge in [-0.2, -0.15) is 0 Å². The van der Waals surface area contributed by atoms with E-state index in [1.165, 1.54) is 44.1 Å². The first-order valence-electron chi connectivity index (χ1n) is 8.32. The molecule has 0 aromatic carbocycles. The average Bonchev–Trinajstić information content (AvgIpc) is 2.98. The van der Waals surface area contributed by atoms with Crippen LogP contribution >= 0.6 is 0 Å². The van der Waals surface area contributed by atoms with Crippen molar-refractivity contribution in [3.05, 3.63) is 35.9 Å². The summed E-state index contributed by atoms with van der Waals surface area (Å²) in [5, 5.41) is 9.19. The van der Waals surface area contributed by atoms with Gasteiger partial charge in [0.1, 0.15) is 5.82 Å². The van der Waals surface area contributed by atoms with Crippen molar-refractivity contribution < 1.29 is 9.84 Å². The van der Waals surface area contributed by atoms with Gasteiger partial charge in [-0.3, -0.25) is 4.90 Å². The smallest absolute Gasteiger partial charge is 0.213 e. The van der Waals surface area contributed by atoms with Gasteiger partial charge in [-0.1, -0.05) is 6.42 Å². The van der Waals surface area contributed by atoms with Crippen LogP contribution in [-0.4, -0.2) is 44.7 Å². The maximum atomic E-state index is 9.19. The number of nitrogens with zero attached hydrogens (tertiary/aromatic N) is 3. The van der Waals surface area contributed by atoms with Crippen LogP contribution in [0.4, 0.5) is 0 Å². The van der Waals surface area contributed by atoms with Crippen LogP contribution in [-0.2, 0) is 13.0 Å². The molecule has 23 heavy (non-hydrogen) atoms. The monoisotopic (exact) mass is 316 g/mol. The number of aromatic hydroxyl groups is 1. The summed E-state index contributed by atoms with van der Waals surface area (Å²) >= 11 is 0. The van der Waals surface area contributed by atoms with Crippen molar-refractivity contribution in [3.8, 4) is 11.8 Å². The third-order valence-electron chi connectivity index (χ3n) is 4.08. The van der Waals surface area contributed by atoms with Gasteiger partial charge in [-0.05, 0) is 44.0 Å². The van der Waals surface area contributed by atoms with Crippen molar-refractivity contribution in [2.75, 3.05) is 19.7 Å². The van der Waals surface area contributed by atoms with Gasteiger partial charge in [0.05, 0.1) is 12.8 Å². The van der Waals surface area contributed by atoms with E-state index in [2.05, 4.69) is 25.9 Å². The van der Waals surface area contributed by atoms with Crippen molar-refractivity contribution in [2.45, 2.75) is 38.6 Å². The van der Waals surface area contributed by atoms with E-state index >= 15 is 0 Å². The normalized spacial score (nSPS) is 15.7. The zero-order valence-corrected chi connectivity index (χ0v) is 13.4. The number of aromatic amines is 1. The lowest BCUT2D eigenvalue weighted by atomic mass is 10.1. The molecule has 3 rings (SSSR count). The second-order valence-corrected chi connectivity index (χ2v) is 6.01. The summed E-state index contributed by atoms with van der Waals surface area (Å²) in [6, 6.07) is 4.10. The molecule has 0 amide bonds. The largest absolute Gasteiger partial charge is 0.493 e. The van der Waals surface area contributed by atoms with Gasteiger partial charge >= 0.3 is 0 Å². The summed E-state index contributed by atoms with van der Waals surface area (Å²) in [5.41, 5.74) is 1.26. The molecule has 1 aliphatic rings. The summed E-state index contributed by atoms with van der Waals surface area (Å²) in [4.78, 5) is 13.6. The Morgan fingerprint density at radius 2 is 2.09 bits per heavy atom. The Kier molecular flexibility index (Phi) is 5.47. The highest BCUT2D eigenvalue weighted by Crippen LogP contribution is 2.16. The van der Waals surface area contributed by atoms with E-state index in [1.807, 2.05) is 12.3 Å². The van der Waals surface area contributed by atoms with Crippen molar-refractivity contribution in [1.82, 2.24) is 19.9 Å². The van der Waals surface area contributed by atoms with E-state index in [4.69, 9.17) is 4.74 Å². The number of piperidine rings is 1. The van der Waals surface area contributed by atoms with Crippen molar-refractivity contribution in [1.29, 1.82) is 0 Å². The molecule has 0 radical (unpaired) electrons. The summed E-state index contributed by atoms with van der Waals surface area (Å²) < 4.78 is 5.73. The lowest BCUT2D eigenvalue weighted by molar-refractivity contribution is 0.220. The fraction of sp³-hybridized carbons (Fsp3) is 0.529. The van der Waals surface area contributed by atoms with Gasteiger partial charge in [-0.25, -0.2) is 9.97 Å². The highest BCUT2D eigenvalue weighted by Gasteiger charge is 2.11. The highest BCUT2D eigenvalue weighted by atomic mass is 16.5. The predicted molar refractivity (Wildman–Crippen MR) is 87.4 cm³/mol. The topological polar surface area (TPSA) is 74.3 Å². The Bertz CT molecular complexity index is 608. The summed E-state index contributed by atoms with van der Waals surface area (Å²) in [6.45, 7) is 3.94. The van der Waals surface area contributed by atoms with E-state index in [9.17, 15) is 5.11 Å². The van der Waals surface area contributed by atoms with E-state index in [0.717, 1.165) is 25.2 Å². The molecule has 2 aromatic rings. The van der Waals surface area contributed by atoms with Crippen LogP contribution in [0.3, 0.4) is 0 Å². The molecule has 1 fully saturated rings. The predicted octanol–water partition coefficient (Wildman–Crippen LogP) is 2.51. The number of imidazole rings is 1. The molecule has 2 N–H and O–H groups in total. The maximum Gasteiger partial charge on any atom is 0.213 e. The van der Waals surface area contributed by atoms with Crippen LogP contribution in [0.1, 0.15) is 37.1 Å². The van der Waals surface area contributed by atoms with Crippen LogP contribution in [0, 0.1) is 0 Å². The molecule has 3 heterocycles. The van der Waals surface area contributed by atoms with Gasteiger partial charge in [0.15, 0.2) is 0 Å². The number of H-pyrrole nitrogens is 1. The van der Waals surface area contributed by atoms with E-state index in [1.54, 1.807) is 0 Å². The van der Waals surface area contributed by atoms with Crippen molar-refractivity contribution in [3.63, 3.8) is 0 Å². The SMILES string of the molecule is Oc1cnc(CCCOc2cc(CN3CCCCC3)ccn2)[nH]1. The van der Waals surface area contributed by atoms with E-state index in [-0.39, 0.29) is 5.88 Å². The first-order valence-corrected chi connectivity index (χ1v) is 8.32. The lowest BCUT2D eigenvalue weighted by Gasteiger charge is -2.26. The Morgan fingerprint density at radius 3 is 2.87 bits per heavy atom. The molecule has 0 aliphatic carbocycles. The standard InChI is InChI=1S/C17H24N4O2/c22-16-12-19-15(20-16)5-4-10-23-17-11-14(6-7-18-17)13-21-8-2-1-3-9-21/h6-7,11-12,22H,1-5,8-10,13H2,(H,19,20). The maximum absolute atomic E-state index is 9.19. The lowest BCUT2D eigenvalue weighted by Crippen LogP contribution is -2.29. The second-order valence-electron chi connectivity index (χ2n) is 6.01. The van der Waals surface area contributed by atoms with E-state index < -0.39 is 0 Å². The van der Waals surface area contributed by atoms with Crippen LogP contribution in [0.25, 0.3) is 0 Å². The number of aryl methyl sites for hydroxylation is 1. The Balaban J connectivity index is 1.43. The molecule has 6 nitrogen and oxygen atoms in total. The third kappa shape index (κ3) is 4.96. The number of hydrogen-bond donors (Lipinski definition) is 2. The number of pyridine rings is 1. The third-order valence-corrected chi connectivity index (χ3v) is 4.08. The van der Waals surface area contributed by atoms with Crippen LogP contribution < -0.4 is 4.74 Å². The van der Waals surface area contributed by atoms with Crippen molar-refractivity contribution >= 4 is 0 Å². The van der Waals surface area contributed by atoms with Gasteiger partial charge in [0.25, 0.3) is 0 Å². The minimum Gasteiger partial charge on any atom is -0.493 e. The molecule has 0 spiro atoms. The number of likely N-dealkylation sites (tertiary alicyclic amines) is 1. The fourth-order valence-corrected chi connectivity index (χ4v) is 2.90. The second kappa shape index (κ2) is 7.97. The van der Waals surface area contributed by atoms with Gasteiger partial charge in [0, 0.05) is 25.2 Å². The molecule has 1 aliphatic heterocycles. The summed E-state index contributed by atoms with van der Waals surface area (Å²) in [7, 11) is 0. The van der Waals surface area contributed by atoms with Crippen LogP contribution in [0.15, 0.2) is 24.5 Å². The number of hydrogen-bond acceptors (Lipinski definition) is 5. The number of rotatable bonds is 7. The molecule has 2 aromatic heterocycles. The van der Waals surface area contributed by atoms with E-state index in [0.29, 0.717) is 12.5 Å². The fourth-order valence-electron chi connectivity index (χ4n) is 2.90. The Hall–Kier alpha value is -2.08. The minimum atomic E-state index is 0.105. The zero-order chi connectivity index (χ0) is 15.9. The number of nitrogens with one attached hydrogen (secondary N) is 1. The Morgan fingerprint density at radius 1 is 1.22 bits per heavy atom. The van der Waals surface area contributed by atoms with Gasteiger partial charge in [0.2, 0.25) is 11.8 Å². The molecule has 124 valence electrons. The van der Waals surface area contributed by atoms with Crippen LogP contribution in [0.2, 0.25) is 0 Å². The summed E-state index contributed by atoms with van der Waals surface area (Å²) in [6.07, 6.45) is 8.77. The minimum absolute atomic E-state index is 0.105. The molecule has 0 bridgehead atoms. The molecule has 1 saturated heterocycles. The average molecular weight is 316 g/mol. The molecule has 6 heteroatoms. The summed E-state index contributed by atoms with van der Waals surface area (Å²) in [5.74, 6) is 1.56. The van der Waals surface area contributed by atoms with Crippen LogP contribution in [0.5, 0.6) is 11.8 Å². The number of aromatic nitrogens is 3. The molecule has 0 atom stereocenters. The van der Waals surface area contributed by atoms with Gasteiger partial charge < -0.3 is 14.8 Å². The first-order chi connectivity index (χ1) is 11.3. The Labute approximate surface area is 136 Å². The molecular weight excluding hydrogens is 292 g/mol. The quantitative estimate of drug-likeness (QED) is 0.768. The zero-order valence-electron chi connectivity index (χ0n) is 13.4.